The van der Waals surface area contributed by atoms with Gasteiger partial charge in [0.25, 0.3) is 11.8 Å². The SMILES string of the molecule is Cc1ccccc1NC(=O)COc1ccccc1/C=C(/C#N)C(=O)Nc1cccc(Cl)c1. The molecule has 0 aromatic heterocycles. The molecule has 0 aliphatic carbocycles. The first-order chi connectivity index (χ1) is 15.5. The van der Waals surface area contributed by atoms with E-state index in [1.807, 2.05) is 37.3 Å². The first-order valence-corrected chi connectivity index (χ1v) is 10.1. The van der Waals surface area contributed by atoms with E-state index in [0.717, 1.165) is 5.56 Å². The van der Waals surface area contributed by atoms with E-state index in [1.165, 1.54) is 6.08 Å². The monoisotopic (exact) mass is 445 g/mol. The van der Waals surface area contributed by atoms with Gasteiger partial charge in [0.05, 0.1) is 0 Å². The Morgan fingerprint density at radius 3 is 2.53 bits per heavy atom. The van der Waals surface area contributed by atoms with Crippen LogP contribution in [0.5, 0.6) is 5.75 Å². The smallest absolute Gasteiger partial charge is 0.266 e. The van der Waals surface area contributed by atoms with Gasteiger partial charge in [-0.1, -0.05) is 54.1 Å². The third-order valence-electron chi connectivity index (χ3n) is 4.44. The number of benzene rings is 3. The molecule has 3 rings (SSSR count). The van der Waals surface area contributed by atoms with Crippen LogP contribution in [0.4, 0.5) is 11.4 Å². The molecule has 0 fully saturated rings. The van der Waals surface area contributed by atoms with Crippen molar-refractivity contribution in [1.82, 2.24) is 0 Å². The van der Waals surface area contributed by atoms with E-state index in [4.69, 9.17) is 16.3 Å². The summed E-state index contributed by atoms with van der Waals surface area (Å²) >= 11 is 5.93. The summed E-state index contributed by atoms with van der Waals surface area (Å²) in [5.74, 6) is -0.533. The Morgan fingerprint density at radius 1 is 1.03 bits per heavy atom. The second-order valence-corrected chi connectivity index (χ2v) is 7.26. The summed E-state index contributed by atoms with van der Waals surface area (Å²) in [7, 11) is 0. The molecule has 32 heavy (non-hydrogen) atoms. The highest BCUT2D eigenvalue weighted by Crippen LogP contribution is 2.22. The van der Waals surface area contributed by atoms with Crippen LogP contribution in [-0.2, 0) is 9.59 Å². The summed E-state index contributed by atoms with van der Waals surface area (Å²) in [5.41, 5.74) is 2.49. The quantitative estimate of drug-likeness (QED) is 0.385. The molecule has 0 bridgehead atoms. The molecule has 0 radical (unpaired) electrons. The van der Waals surface area contributed by atoms with E-state index in [9.17, 15) is 14.9 Å². The zero-order valence-electron chi connectivity index (χ0n) is 17.3. The van der Waals surface area contributed by atoms with E-state index >= 15 is 0 Å². The highest BCUT2D eigenvalue weighted by molar-refractivity contribution is 6.31. The molecule has 0 unspecified atom stereocenters. The van der Waals surface area contributed by atoms with Crippen molar-refractivity contribution in [3.05, 3.63) is 94.5 Å². The van der Waals surface area contributed by atoms with Gasteiger partial charge in [0.15, 0.2) is 6.61 Å². The minimum atomic E-state index is -0.582. The highest BCUT2D eigenvalue weighted by Gasteiger charge is 2.12. The Kier molecular flexibility index (Phi) is 7.63. The number of amides is 2. The van der Waals surface area contributed by atoms with Crippen LogP contribution < -0.4 is 15.4 Å². The summed E-state index contributed by atoms with van der Waals surface area (Å²) in [6.45, 7) is 1.67. The molecule has 0 atom stereocenters. The Labute approximate surface area is 191 Å². The number of halogens is 1. The van der Waals surface area contributed by atoms with Crippen molar-refractivity contribution in [2.75, 3.05) is 17.2 Å². The standard InChI is InChI=1S/C25H20ClN3O3/c1-17-7-2-4-11-22(17)29-24(30)16-32-23-12-5-3-8-18(23)13-19(15-27)25(31)28-21-10-6-9-20(26)14-21/h2-14H,16H2,1H3,(H,28,31)(H,29,30)/b19-13-. The van der Waals surface area contributed by atoms with Crippen LogP contribution in [0.15, 0.2) is 78.4 Å². The predicted octanol–water partition coefficient (Wildman–Crippen LogP) is 5.21. The molecule has 6 nitrogen and oxygen atoms in total. The van der Waals surface area contributed by atoms with Crippen molar-refractivity contribution in [3.8, 4) is 11.8 Å². The van der Waals surface area contributed by atoms with E-state index in [2.05, 4.69) is 10.6 Å². The Balaban J connectivity index is 1.71. The molecule has 160 valence electrons. The van der Waals surface area contributed by atoms with Gasteiger partial charge in [-0.2, -0.15) is 5.26 Å². The zero-order valence-corrected chi connectivity index (χ0v) is 18.0. The number of nitrogens with zero attached hydrogens (tertiary/aromatic N) is 1. The van der Waals surface area contributed by atoms with E-state index in [1.54, 1.807) is 48.5 Å². The lowest BCUT2D eigenvalue weighted by Gasteiger charge is -2.11. The summed E-state index contributed by atoms with van der Waals surface area (Å²) < 4.78 is 5.65. The molecular formula is C25H20ClN3O3. The van der Waals surface area contributed by atoms with Crippen molar-refractivity contribution >= 4 is 40.9 Å². The Hall–Kier alpha value is -4.08. The summed E-state index contributed by atoms with van der Waals surface area (Å²) in [5, 5.41) is 15.4. The van der Waals surface area contributed by atoms with E-state index in [0.29, 0.717) is 27.7 Å². The fraction of sp³-hybridized carbons (Fsp3) is 0.0800. The molecule has 2 amide bonds. The van der Waals surface area contributed by atoms with Crippen LogP contribution in [0.3, 0.4) is 0 Å². The van der Waals surface area contributed by atoms with Crippen LogP contribution in [-0.4, -0.2) is 18.4 Å². The number of para-hydroxylation sites is 2. The predicted molar refractivity (Wildman–Crippen MR) is 125 cm³/mol. The normalized spacial score (nSPS) is 10.7. The number of hydrogen-bond donors (Lipinski definition) is 2. The third kappa shape index (κ3) is 6.21. The van der Waals surface area contributed by atoms with Gasteiger partial charge in [-0.25, -0.2) is 0 Å². The third-order valence-corrected chi connectivity index (χ3v) is 4.68. The lowest BCUT2D eigenvalue weighted by atomic mass is 10.1. The number of carbonyl (C=O) groups excluding carboxylic acids is 2. The maximum atomic E-state index is 12.5. The molecule has 0 saturated heterocycles. The lowest BCUT2D eigenvalue weighted by Crippen LogP contribution is -2.20. The molecule has 0 heterocycles. The zero-order chi connectivity index (χ0) is 22.9. The van der Waals surface area contributed by atoms with Crippen LogP contribution in [0.25, 0.3) is 6.08 Å². The Morgan fingerprint density at radius 2 is 1.78 bits per heavy atom. The summed E-state index contributed by atoms with van der Waals surface area (Å²) in [6, 6.07) is 22.8. The van der Waals surface area contributed by atoms with Crippen LogP contribution in [0.2, 0.25) is 5.02 Å². The first-order valence-electron chi connectivity index (χ1n) is 9.72. The van der Waals surface area contributed by atoms with Crippen LogP contribution in [0.1, 0.15) is 11.1 Å². The first kappa shape index (κ1) is 22.6. The number of nitrogens with one attached hydrogen (secondary N) is 2. The van der Waals surface area contributed by atoms with Gasteiger partial charge in [0.1, 0.15) is 17.4 Å². The summed E-state index contributed by atoms with van der Waals surface area (Å²) in [4.78, 5) is 24.8. The number of carbonyl (C=O) groups is 2. The van der Waals surface area contributed by atoms with Gasteiger partial charge in [-0.05, 0) is 48.9 Å². The van der Waals surface area contributed by atoms with Crippen LogP contribution in [0, 0.1) is 18.3 Å². The topological polar surface area (TPSA) is 91.2 Å². The maximum absolute atomic E-state index is 12.5. The minimum Gasteiger partial charge on any atom is -0.483 e. The van der Waals surface area contributed by atoms with Crippen molar-refractivity contribution in [1.29, 1.82) is 5.26 Å². The molecule has 7 heteroatoms. The van der Waals surface area contributed by atoms with Gasteiger partial charge in [-0.15, -0.1) is 0 Å². The Bertz CT molecular complexity index is 1210. The molecule has 0 saturated carbocycles. The summed E-state index contributed by atoms with van der Waals surface area (Å²) in [6.07, 6.45) is 1.41. The molecule has 0 aliphatic heterocycles. The second kappa shape index (κ2) is 10.8. The van der Waals surface area contributed by atoms with Gasteiger partial charge < -0.3 is 15.4 Å². The number of anilines is 2. The number of nitriles is 1. The minimum absolute atomic E-state index is 0.120. The molecule has 0 aliphatic rings. The van der Waals surface area contributed by atoms with E-state index in [-0.39, 0.29) is 18.1 Å². The second-order valence-electron chi connectivity index (χ2n) is 6.82. The molecule has 2 N–H and O–H groups in total. The van der Waals surface area contributed by atoms with Crippen LogP contribution >= 0.6 is 11.6 Å². The fourth-order valence-corrected chi connectivity index (χ4v) is 3.03. The molecule has 0 spiro atoms. The average Bonchev–Trinajstić information content (AvgIpc) is 2.78. The van der Waals surface area contributed by atoms with Gasteiger partial charge >= 0.3 is 0 Å². The van der Waals surface area contributed by atoms with E-state index < -0.39 is 5.91 Å². The largest absolute Gasteiger partial charge is 0.483 e. The van der Waals surface area contributed by atoms with Crippen molar-refractivity contribution in [3.63, 3.8) is 0 Å². The number of ether oxygens (including phenoxy) is 1. The molecule has 3 aromatic carbocycles. The molecular weight excluding hydrogens is 426 g/mol. The van der Waals surface area contributed by atoms with Crippen molar-refractivity contribution < 1.29 is 14.3 Å². The number of aryl methyl sites for hydroxylation is 1. The van der Waals surface area contributed by atoms with Crippen molar-refractivity contribution in [2.45, 2.75) is 6.92 Å². The number of hydrogen-bond acceptors (Lipinski definition) is 4. The average molecular weight is 446 g/mol. The lowest BCUT2D eigenvalue weighted by molar-refractivity contribution is -0.118. The molecule has 3 aromatic rings. The van der Waals surface area contributed by atoms with Crippen molar-refractivity contribution in [2.24, 2.45) is 0 Å². The number of rotatable bonds is 7. The fourth-order valence-electron chi connectivity index (χ4n) is 2.84. The van der Waals surface area contributed by atoms with Gasteiger partial charge in [-0.3, -0.25) is 9.59 Å². The van der Waals surface area contributed by atoms with Gasteiger partial charge in [0, 0.05) is 22.0 Å². The van der Waals surface area contributed by atoms with Gasteiger partial charge in [0.2, 0.25) is 0 Å². The maximum Gasteiger partial charge on any atom is 0.266 e. The highest BCUT2D eigenvalue weighted by atomic mass is 35.5.